The van der Waals surface area contributed by atoms with Crippen LogP contribution in [0.5, 0.6) is 0 Å². The maximum absolute atomic E-state index is 12.6. The summed E-state index contributed by atoms with van der Waals surface area (Å²) in [5.74, 6) is -1.25. The SMILES string of the molecule is Nc1ccccc1NC(=O)[C@H](Cc1ccc(C2CC(=O)NS2(=O)=O)c(Cl)c1)NC(=O)O. The van der Waals surface area contributed by atoms with Crippen LogP contribution >= 0.6 is 11.6 Å². The van der Waals surface area contributed by atoms with E-state index in [9.17, 15) is 22.8 Å². The number of carboxylic acid groups (broad SMARTS) is 1. The molecule has 1 fully saturated rings. The number of halogens is 1. The monoisotopic (exact) mass is 466 g/mol. The van der Waals surface area contributed by atoms with E-state index in [1.54, 1.807) is 24.3 Å². The van der Waals surface area contributed by atoms with E-state index in [1.165, 1.54) is 18.2 Å². The van der Waals surface area contributed by atoms with Crippen LogP contribution in [0.4, 0.5) is 16.2 Å². The van der Waals surface area contributed by atoms with Crippen molar-refractivity contribution in [3.63, 3.8) is 0 Å². The number of carbonyl (C=O) groups excluding carboxylic acids is 2. The second-order valence-corrected chi connectivity index (χ2v) is 9.17. The molecule has 12 heteroatoms. The lowest BCUT2D eigenvalue weighted by molar-refractivity contribution is -0.119. The molecule has 3 rings (SSSR count). The third-order valence-electron chi connectivity index (χ3n) is 4.69. The molecule has 31 heavy (non-hydrogen) atoms. The van der Waals surface area contributed by atoms with E-state index in [2.05, 4.69) is 10.6 Å². The smallest absolute Gasteiger partial charge is 0.405 e. The summed E-state index contributed by atoms with van der Waals surface area (Å²) >= 11 is 6.25. The Morgan fingerprint density at radius 1 is 1.26 bits per heavy atom. The number of benzene rings is 2. The first-order chi connectivity index (χ1) is 14.6. The zero-order chi connectivity index (χ0) is 22.8. The number of nitrogen functional groups attached to an aromatic ring is 1. The van der Waals surface area contributed by atoms with Crippen molar-refractivity contribution in [2.24, 2.45) is 0 Å². The fraction of sp³-hybridized carbons (Fsp3) is 0.211. The summed E-state index contributed by atoms with van der Waals surface area (Å²) in [6, 6.07) is 9.77. The van der Waals surface area contributed by atoms with Gasteiger partial charge in [0.2, 0.25) is 21.8 Å². The van der Waals surface area contributed by atoms with Crippen molar-refractivity contribution in [1.29, 1.82) is 0 Å². The first-order valence-electron chi connectivity index (χ1n) is 9.04. The zero-order valence-corrected chi connectivity index (χ0v) is 17.5. The first-order valence-corrected chi connectivity index (χ1v) is 11.0. The molecule has 1 aliphatic rings. The average molecular weight is 467 g/mol. The van der Waals surface area contributed by atoms with Crippen molar-refractivity contribution < 1.29 is 27.9 Å². The quantitative estimate of drug-likeness (QED) is 0.403. The van der Waals surface area contributed by atoms with Crippen LogP contribution in [0.1, 0.15) is 22.8 Å². The van der Waals surface area contributed by atoms with Gasteiger partial charge in [0.1, 0.15) is 11.3 Å². The Bertz CT molecular complexity index is 1150. The molecule has 1 saturated heterocycles. The normalized spacial score (nSPS) is 18.1. The van der Waals surface area contributed by atoms with Gasteiger partial charge in [-0.3, -0.25) is 14.3 Å². The van der Waals surface area contributed by atoms with E-state index in [4.69, 9.17) is 22.4 Å². The summed E-state index contributed by atoms with van der Waals surface area (Å²) in [5, 5.41) is 12.8. The number of rotatable bonds is 6. The molecule has 10 nitrogen and oxygen atoms in total. The number of hydrogen-bond acceptors (Lipinski definition) is 6. The predicted octanol–water partition coefficient (Wildman–Crippen LogP) is 1.63. The Morgan fingerprint density at radius 3 is 2.55 bits per heavy atom. The fourth-order valence-electron chi connectivity index (χ4n) is 3.21. The molecule has 1 aliphatic heterocycles. The molecule has 0 saturated carbocycles. The highest BCUT2D eigenvalue weighted by molar-refractivity contribution is 7.90. The van der Waals surface area contributed by atoms with Crippen LogP contribution in [0.3, 0.4) is 0 Å². The number of sulfonamides is 1. The molecule has 3 amide bonds. The van der Waals surface area contributed by atoms with Gasteiger partial charge in [-0.05, 0) is 29.3 Å². The Hall–Kier alpha value is -3.31. The molecule has 1 heterocycles. The van der Waals surface area contributed by atoms with E-state index < -0.39 is 39.2 Å². The number of anilines is 2. The van der Waals surface area contributed by atoms with Gasteiger partial charge in [-0.25, -0.2) is 13.2 Å². The Labute approximate surface area is 182 Å². The molecule has 6 N–H and O–H groups in total. The predicted molar refractivity (Wildman–Crippen MR) is 114 cm³/mol. The van der Waals surface area contributed by atoms with Gasteiger partial charge < -0.3 is 21.5 Å². The molecule has 164 valence electrons. The van der Waals surface area contributed by atoms with Gasteiger partial charge in [0.05, 0.1) is 17.8 Å². The molecular formula is C19H19ClN4O6S. The molecule has 2 atom stereocenters. The fourth-order valence-corrected chi connectivity index (χ4v) is 5.06. The lowest BCUT2D eigenvalue weighted by Gasteiger charge is -2.18. The number of para-hydroxylation sites is 2. The van der Waals surface area contributed by atoms with Gasteiger partial charge in [-0.1, -0.05) is 35.9 Å². The highest BCUT2D eigenvalue weighted by Crippen LogP contribution is 2.35. The maximum atomic E-state index is 12.6. The van der Waals surface area contributed by atoms with Crippen LogP contribution in [-0.2, 0) is 26.0 Å². The van der Waals surface area contributed by atoms with Crippen molar-refractivity contribution in [1.82, 2.24) is 10.0 Å². The number of carbonyl (C=O) groups is 3. The van der Waals surface area contributed by atoms with Crippen molar-refractivity contribution in [3.8, 4) is 0 Å². The van der Waals surface area contributed by atoms with Crippen LogP contribution < -0.4 is 21.1 Å². The van der Waals surface area contributed by atoms with Gasteiger partial charge >= 0.3 is 6.09 Å². The topological polar surface area (TPSA) is 168 Å². The Morgan fingerprint density at radius 2 is 1.97 bits per heavy atom. The summed E-state index contributed by atoms with van der Waals surface area (Å²) in [4.78, 5) is 35.3. The highest BCUT2D eigenvalue weighted by Gasteiger charge is 2.39. The van der Waals surface area contributed by atoms with Gasteiger partial charge in [0, 0.05) is 11.4 Å². The van der Waals surface area contributed by atoms with E-state index in [0.717, 1.165) is 0 Å². The number of nitrogens with two attached hydrogens (primary N) is 1. The second-order valence-electron chi connectivity index (χ2n) is 6.90. The van der Waals surface area contributed by atoms with Crippen molar-refractivity contribution >= 4 is 50.9 Å². The van der Waals surface area contributed by atoms with Gasteiger partial charge in [-0.2, -0.15) is 0 Å². The third-order valence-corrected chi connectivity index (χ3v) is 6.70. The summed E-state index contributed by atoms with van der Waals surface area (Å²) in [7, 11) is -3.87. The largest absolute Gasteiger partial charge is 0.465 e. The van der Waals surface area contributed by atoms with Crippen LogP contribution in [0, 0.1) is 0 Å². The number of hydrogen-bond donors (Lipinski definition) is 5. The minimum Gasteiger partial charge on any atom is -0.465 e. The third kappa shape index (κ3) is 5.25. The van der Waals surface area contributed by atoms with E-state index in [0.29, 0.717) is 16.9 Å². The lowest BCUT2D eigenvalue weighted by atomic mass is 10.0. The van der Waals surface area contributed by atoms with E-state index in [1.807, 2.05) is 4.72 Å². The lowest BCUT2D eigenvalue weighted by Crippen LogP contribution is -2.44. The van der Waals surface area contributed by atoms with E-state index in [-0.39, 0.29) is 23.4 Å². The second kappa shape index (κ2) is 8.82. The summed E-state index contributed by atoms with van der Waals surface area (Å²) in [6.07, 6.45) is -1.70. The standard InChI is InChI=1S/C19H19ClN4O6S/c20-12-7-10(5-6-11(12)16-9-17(25)24-31(16,29)30)8-15(23-19(27)28)18(26)22-14-4-2-1-3-13(14)21/h1-7,15-16,23H,8-9,21H2,(H,22,26)(H,24,25)(H,27,28)/t15-,16?/m0/s1. The molecule has 1 unspecified atom stereocenters. The van der Waals surface area contributed by atoms with Gasteiger partial charge in [0.15, 0.2) is 0 Å². The molecule has 0 bridgehead atoms. The maximum Gasteiger partial charge on any atom is 0.405 e. The Kier molecular flexibility index (Phi) is 6.37. The molecular weight excluding hydrogens is 448 g/mol. The summed E-state index contributed by atoms with van der Waals surface area (Å²) in [5.41, 5.74) is 7.18. The van der Waals surface area contributed by atoms with Gasteiger partial charge in [-0.15, -0.1) is 0 Å². The number of nitrogens with one attached hydrogen (secondary N) is 3. The van der Waals surface area contributed by atoms with E-state index >= 15 is 0 Å². The van der Waals surface area contributed by atoms with Crippen molar-refractivity contribution in [3.05, 3.63) is 58.6 Å². The molecule has 0 spiro atoms. The molecule has 0 aromatic heterocycles. The van der Waals surface area contributed by atoms with Crippen LogP contribution in [0.2, 0.25) is 5.02 Å². The first kappa shape index (κ1) is 22.4. The summed E-state index contributed by atoms with van der Waals surface area (Å²) < 4.78 is 26.1. The van der Waals surface area contributed by atoms with Crippen molar-refractivity contribution in [2.75, 3.05) is 11.1 Å². The van der Waals surface area contributed by atoms with Gasteiger partial charge in [0.25, 0.3) is 0 Å². The minimum absolute atomic E-state index is 0.0561. The van der Waals surface area contributed by atoms with Crippen LogP contribution in [-0.4, -0.2) is 37.5 Å². The highest BCUT2D eigenvalue weighted by atomic mass is 35.5. The Balaban J connectivity index is 1.81. The minimum atomic E-state index is -3.87. The van der Waals surface area contributed by atoms with Crippen molar-refractivity contribution in [2.45, 2.75) is 24.1 Å². The molecule has 2 aromatic rings. The zero-order valence-electron chi connectivity index (χ0n) is 16.0. The van der Waals surface area contributed by atoms with Crippen LogP contribution in [0.15, 0.2) is 42.5 Å². The number of amides is 3. The molecule has 0 radical (unpaired) electrons. The molecule has 2 aromatic carbocycles. The van der Waals surface area contributed by atoms with Crippen LogP contribution in [0.25, 0.3) is 0 Å². The average Bonchev–Trinajstić information content (AvgIpc) is 2.94. The summed E-state index contributed by atoms with van der Waals surface area (Å²) in [6.45, 7) is 0. The molecule has 0 aliphatic carbocycles.